The van der Waals surface area contributed by atoms with Gasteiger partial charge in [-0.2, -0.15) is 0 Å². The van der Waals surface area contributed by atoms with Crippen molar-refractivity contribution in [2.45, 2.75) is 25.4 Å². The van der Waals surface area contributed by atoms with Crippen LogP contribution in [0.2, 0.25) is 0 Å². The molecule has 0 bridgehead atoms. The molecule has 1 unspecified atom stereocenters. The summed E-state index contributed by atoms with van der Waals surface area (Å²) in [6.45, 7) is 4.33. The molecule has 1 fully saturated rings. The Morgan fingerprint density at radius 1 is 1.69 bits per heavy atom. The lowest BCUT2D eigenvalue weighted by Gasteiger charge is -2.31. The highest BCUT2D eigenvalue weighted by molar-refractivity contribution is 4.97. The quantitative estimate of drug-likeness (QED) is 0.629. The molecule has 0 aliphatic carbocycles. The summed E-state index contributed by atoms with van der Waals surface area (Å²) in [5.74, 6) is 1.05. The van der Waals surface area contributed by atoms with Gasteiger partial charge in [0.2, 0.25) is 0 Å². The van der Waals surface area contributed by atoms with E-state index >= 15 is 0 Å². The van der Waals surface area contributed by atoms with E-state index in [2.05, 4.69) is 27.5 Å². The highest BCUT2D eigenvalue weighted by Gasteiger charge is 2.21. The van der Waals surface area contributed by atoms with Gasteiger partial charge in [-0.3, -0.25) is 0 Å². The summed E-state index contributed by atoms with van der Waals surface area (Å²) in [6, 6.07) is 0.997. The van der Waals surface area contributed by atoms with Crippen molar-refractivity contribution in [1.82, 2.24) is 20.6 Å². The number of hydrogen-bond acceptors (Lipinski definition) is 3. The minimum Gasteiger partial charge on any atom is -0.347 e. The molecule has 0 saturated carbocycles. The van der Waals surface area contributed by atoms with Gasteiger partial charge in [0, 0.05) is 31.5 Å². The number of hydrogen-bond donors (Lipinski definition) is 3. The fraction of sp³-hybridized carbons (Fsp3) is 0.667. The number of nitrogens with one attached hydrogen (secondary N) is 3. The van der Waals surface area contributed by atoms with Crippen molar-refractivity contribution >= 4 is 0 Å². The van der Waals surface area contributed by atoms with Gasteiger partial charge < -0.3 is 15.6 Å². The van der Waals surface area contributed by atoms with Gasteiger partial charge in [-0.25, -0.2) is 4.98 Å². The van der Waals surface area contributed by atoms with Crippen molar-refractivity contribution in [3.8, 4) is 0 Å². The molecule has 13 heavy (non-hydrogen) atoms. The predicted octanol–water partition coefficient (Wildman–Crippen LogP) is 0.422. The van der Waals surface area contributed by atoms with Crippen molar-refractivity contribution in [3.05, 3.63) is 18.2 Å². The topological polar surface area (TPSA) is 52.7 Å². The van der Waals surface area contributed by atoms with Gasteiger partial charge in [-0.15, -0.1) is 0 Å². The zero-order valence-electron chi connectivity index (χ0n) is 7.88. The fourth-order valence-electron chi connectivity index (χ4n) is 1.55. The van der Waals surface area contributed by atoms with Crippen LogP contribution in [-0.2, 0) is 0 Å². The Balaban J connectivity index is 1.92. The molecule has 4 heteroatoms. The molecule has 1 aromatic rings. The molecule has 0 aromatic carbocycles. The summed E-state index contributed by atoms with van der Waals surface area (Å²) < 4.78 is 0. The van der Waals surface area contributed by atoms with Crippen molar-refractivity contribution in [1.29, 1.82) is 0 Å². The molecule has 1 aliphatic heterocycles. The number of rotatable bonds is 4. The zero-order chi connectivity index (χ0) is 9.10. The summed E-state index contributed by atoms with van der Waals surface area (Å²) in [6.07, 6.45) is 4.75. The molecule has 0 amide bonds. The van der Waals surface area contributed by atoms with Gasteiger partial charge in [-0.1, -0.05) is 6.92 Å². The van der Waals surface area contributed by atoms with Crippen LogP contribution in [0.4, 0.5) is 0 Å². The number of nitrogens with zero attached hydrogens (tertiary/aromatic N) is 1. The van der Waals surface area contributed by atoms with E-state index in [0.29, 0.717) is 12.1 Å². The van der Waals surface area contributed by atoms with Crippen LogP contribution in [0.3, 0.4) is 0 Å². The first-order chi connectivity index (χ1) is 6.40. The molecule has 1 saturated heterocycles. The average molecular weight is 180 g/mol. The molecule has 1 atom stereocenters. The summed E-state index contributed by atoms with van der Waals surface area (Å²) in [5, 5.41) is 6.79. The highest BCUT2D eigenvalue weighted by Crippen LogP contribution is 2.12. The molecule has 0 radical (unpaired) electrons. The molecule has 3 N–H and O–H groups in total. The maximum Gasteiger partial charge on any atom is 0.123 e. The Labute approximate surface area is 78.1 Å². The second-order valence-electron chi connectivity index (χ2n) is 3.46. The number of imidazole rings is 1. The Morgan fingerprint density at radius 2 is 2.54 bits per heavy atom. The molecule has 2 rings (SSSR count). The van der Waals surface area contributed by atoms with Gasteiger partial charge in [0.05, 0.1) is 6.04 Å². The van der Waals surface area contributed by atoms with Crippen LogP contribution < -0.4 is 10.6 Å². The molecule has 4 nitrogen and oxygen atoms in total. The second kappa shape index (κ2) is 3.89. The Bertz CT molecular complexity index is 240. The van der Waals surface area contributed by atoms with E-state index in [9.17, 15) is 0 Å². The van der Waals surface area contributed by atoms with E-state index < -0.39 is 0 Å². The Kier molecular flexibility index (Phi) is 2.61. The van der Waals surface area contributed by atoms with Crippen LogP contribution in [0.25, 0.3) is 0 Å². The molecule has 72 valence electrons. The number of aromatic nitrogens is 2. The van der Waals surface area contributed by atoms with Crippen LogP contribution in [-0.4, -0.2) is 29.1 Å². The lowest BCUT2D eigenvalue weighted by Crippen LogP contribution is -2.56. The third-order valence-corrected chi connectivity index (χ3v) is 2.48. The zero-order valence-corrected chi connectivity index (χ0v) is 7.88. The lowest BCUT2D eigenvalue weighted by atomic mass is 10.1. The van der Waals surface area contributed by atoms with Gasteiger partial charge in [0.1, 0.15) is 5.82 Å². The van der Waals surface area contributed by atoms with Gasteiger partial charge in [0.15, 0.2) is 0 Å². The minimum absolute atomic E-state index is 0.377. The van der Waals surface area contributed by atoms with Crippen molar-refractivity contribution in [2.75, 3.05) is 13.1 Å². The molecular weight excluding hydrogens is 164 g/mol. The van der Waals surface area contributed by atoms with E-state index in [1.54, 1.807) is 6.20 Å². The van der Waals surface area contributed by atoms with Crippen LogP contribution in [0.1, 0.15) is 25.2 Å². The van der Waals surface area contributed by atoms with Crippen LogP contribution in [0, 0.1) is 0 Å². The van der Waals surface area contributed by atoms with Crippen LogP contribution in [0.5, 0.6) is 0 Å². The predicted molar refractivity (Wildman–Crippen MR) is 51.4 cm³/mol. The lowest BCUT2D eigenvalue weighted by molar-refractivity contribution is 0.320. The first-order valence-electron chi connectivity index (χ1n) is 4.86. The smallest absolute Gasteiger partial charge is 0.123 e. The van der Waals surface area contributed by atoms with E-state index in [4.69, 9.17) is 0 Å². The van der Waals surface area contributed by atoms with E-state index in [0.717, 1.165) is 25.3 Å². The second-order valence-corrected chi connectivity index (χ2v) is 3.46. The minimum atomic E-state index is 0.377. The normalized spacial score (nSPS) is 19.8. The van der Waals surface area contributed by atoms with Gasteiger partial charge >= 0.3 is 0 Å². The largest absolute Gasteiger partial charge is 0.347 e. The Morgan fingerprint density at radius 3 is 3.00 bits per heavy atom. The molecule has 2 heterocycles. The monoisotopic (exact) mass is 180 g/mol. The van der Waals surface area contributed by atoms with Crippen molar-refractivity contribution < 1.29 is 0 Å². The van der Waals surface area contributed by atoms with Crippen LogP contribution in [0.15, 0.2) is 12.4 Å². The van der Waals surface area contributed by atoms with Crippen molar-refractivity contribution in [2.24, 2.45) is 0 Å². The SMILES string of the molecule is CCC(NC1CNC1)c1ncc[nH]1. The molecule has 1 aromatic heterocycles. The summed E-state index contributed by atoms with van der Waals surface area (Å²) >= 11 is 0. The number of aromatic amines is 1. The maximum atomic E-state index is 4.26. The van der Waals surface area contributed by atoms with E-state index in [-0.39, 0.29) is 0 Å². The summed E-state index contributed by atoms with van der Waals surface area (Å²) in [7, 11) is 0. The summed E-state index contributed by atoms with van der Waals surface area (Å²) in [4.78, 5) is 7.41. The van der Waals surface area contributed by atoms with E-state index in [1.165, 1.54) is 0 Å². The van der Waals surface area contributed by atoms with Crippen molar-refractivity contribution in [3.63, 3.8) is 0 Å². The molecular formula is C9H16N4. The maximum absolute atomic E-state index is 4.26. The number of H-pyrrole nitrogens is 1. The third-order valence-electron chi connectivity index (χ3n) is 2.48. The highest BCUT2D eigenvalue weighted by atomic mass is 15.1. The van der Waals surface area contributed by atoms with Crippen LogP contribution >= 0.6 is 0 Å². The van der Waals surface area contributed by atoms with Gasteiger partial charge in [0.25, 0.3) is 0 Å². The third kappa shape index (κ3) is 1.89. The van der Waals surface area contributed by atoms with Gasteiger partial charge in [-0.05, 0) is 6.42 Å². The first-order valence-corrected chi connectivity index (χ1v) is 4.86. The standard InChI is InChI=1S/C9H16N4/c1-2-8(9-11-3-4-12-9)13-7-5-10-6-7/h3-4,7-8,10,13H,2,5-6H2,1H3,(H,11,12). The fourth-order valence-corrected chi connectivity index (χ4v) is 1.55. The first kappa shape index (κ1) is 8.72. The summed E-state index contributed by atoms with van der Waals surface area (Å²) in [5.41, 5.74) is 0. The van der Waals surface area contributed by atoms with E-state index in [1.807, 2.05) is 6.20 Å². The molecule has 0 spiro atoms. The average Bonchev–Trinajstić information content (AvgIpc) is 2.55. The Hall–Kier alpha value is -0.870. The molecule has 1 aliphatic rings.